The van der Waals surface area contributed by atoms with Crippen molar-refractivity contribution in [2.24, 2.45) is 11.8 Å². The summed E-state index contributed by atoms with van der Waals surface area (Å²) in [6.45, 7) is 4.41. The van der Waals surface area contributed by atoms with E-state index in [9.17, 15) is 9.18 Å². The third-order valence-corrected chi connectivity index (χ3v) is 4.26. The molecule has 4 heteroatoms. The number of hydrogen-bond donors (Lipinski definition) is 2. The molecule has 1 saturated carbocycles. The molecule has 3 atom stereocenters. The second kappa shape index (κ2) is 5.59. The Morgan fingerprint density at radius 3 is 2.74 bits per heavy atom. The number of hydrogen-bond acceptors (Lipinski definition) is 2. The summed E-state index contributed by atoms with van der Waals surface area (Å²) in [6.07, 6.45) is 3.41. The molecule has 1 aliphatic rings. The van der Waals surface area contributed by atoms with E-state index in [-0.39, 0.29) is 11.6 Å². The Kier molecular flexibility index (Phi) is 4.08. The van der Waals surface area contributed by atoms with E-state index >= 15 is 0 Å². The summed E-state index contributed by atoms with van der Waals surface area (Å²) < 4.78 is 13.9. The van der Waals surface area contributed by atoms with Gasteiger partial charge in [0.1, 0.15) is 5.82 Å². The molecule has 1 fully saturated rings. The predicted octanol–water partition coefficient (Wildman–Crippen LogP) is 3.76. The van der Waals surface area contributed by atoms with E-state index in [0.29, 0.717) is 17.5 Å². The second-order valence-corrected chi connectivity index (χ2v) is 5.52. The molecule has 1 aromatic carbocycles. The normalized spacial score (nSPS) is 27.0. The van der Waals surface area contributed by atoms with Crippen molar-refractivity contribution in [3.63, 3.8) is 0 Å². The summed E-state index contributed by atoms with van der Waals surface area (Å²) in [5.41, 5.74) is 0.379. The Bertz CT molecular complexity index is 475. The van der Waals surface area contributed by atoms with Gasteiger partial charge in [-0.05, 0) is 36.5 Å². The molecule has 0 aromatic heterocycles. The van der Waals surface area contributed by atoms with Crippen molar-refractivity contribution >= 4 is 11.7 Å². The molecule has 1 aliphatic carbocycles. The summed E-state index contributed by atoms with van der Waals surface area (Å²) in [4.78, 5) is 10.8. The molecule has 3 nitrogen and oxygen atoms in total. The number of aromatic carboxylic acids is 1. The highest BCUT2D eigenvalue weighted by Crippen LogP contribution is 2.32. The quantitative estimate of drug-likeness (QED) is 0.874. The molecule has 2 rings (SSSR count). The maximum Gasteiger partial charge on any atom is 0.335 e. The van der Waals surface area contributed by atoms with E-state index < -0.39 is 11.8 Å². The smallest absolute Gasteiger partial charge is 0.335 e. The minimum absolute atomic E-state index is 0.0203. The number of halogens is 1. The molecule has 0 amide bonds. The van der Waals surface area contributed by atoms with Crippen LogP contribution in [0.2, 0.25) is 0 Å². The van der Waals surface area contributed by atoms with E-state index in [0.717, 1.165) is 18.9 Å². The lowest BCUT2D eigenvalue weighted by Gasteiger charge is -2.35. The third kappa shape index (κ3) is 3.06. The van der Waals surface area contributed by atoms with Gasteiger partial charge in [0.15, 0.2) is 0 Å². The molecule has 19 heavy (non-hydrogen) atoms. The molecule has 104 valence electrons. The van der Waals surface area contributed by atoms with Crippen LogP contribution in [-0.2, 0) is 0 Å². The summed E-state index contributed by atoms with van der Waals surface area (Å²) in [6, 6.07) is 4.28. The van der Waals surface area contributed by atoms with Gasteiger partial charge in [-0.15, -0.1) is 0 Å². The zero-order valence-corrected chi connectivity index (χ0v) is 11.3. The van der Waals surface area contributed by atoms with Crippen molar-refractivity contribution in [3.05, 3.63) is 29.6 Å². The molecule has 3 unspecified atom stereocenters. The zero-order chi connectivity index (χ0) is 14.0. The maximum atomic E-state index is 13.9. The summed E-state index contributed by atoms with van der Waals surface area (Å²) in [5.74, 6) is -0.477. The van der Waals surface area contributed by atoms with Crippen LogP contribution in [0.15, 0.2) is 18.2 Å². The molecule has 0 spiro atoms. The van der Waals surface area contributed by atoms with Crippen molar-refractivity contribution in [2.45, 2.75) is 39.2 Å². The fourth-order valence-corrected chi connectivity index (χ4v) is 2.75. The van der Waals surface area contributed by atoms with Crippen molar-refractivity contribution in [3.8, 4) is 0 Å². The molecule has 0 bridgehead atoms. The standard InChI is InChI=1S/C15H20FNO2/c1-9-4-3-5-13(10(9)2)17-14-7-6-11(15(18)19)8-12(14)16/h6-10,13,17H,3-5H2,1-2H3,(H,18,19). The van der Waals surface area contributed by atoms with Crippen LogP contribution in [0, 0.1) is 17.7 Å². The zero-order valence-electron chi connectivity index (χ0n) is 11.3. The molecule has 0 aliphatic heterocycles. The monoisotopic (exact) mass is 265 g/mol. The van der Waals surface area contributed by atoms with Gasteiger partial charge in [-0.2, -0.15) is 0 Å². The third-order valence-electron chi connectivity index (χ3n) is 4.26. The first kappa shape index (κ1) is 13.8. The van der Waals surface area contributed by atoms with Crippen LogP contribution in [0.5, 0.6) is 0 Å². The molecule has 0 saturated heterocycles. The van der Waals surface area contributed by atoms with E-state index in [1.807, 2.05) is 0 Å². The van der Waals surface area contributed by atoms with Gasteiger partial charge in [-0.1, -0.05) is 26.7 Å². The Hall–Kier alpha value is -1.58. The number of anilines is 1. The fraction of sp³-hybridized carbons (Fsp3) is 0.533. The highest BCUT2D eigenvalue weighted by molar-refractivity contribution is 5.88. The fourth-order valence-electron chi connectivity index (χ4n) is 2.75. The van der Waals surface area contributed by atoms with Crippen molar-refractivity contribution < 1.29 is 14.3 Å². The Balaban J connectivity index is 2.12. The van der Waals surface area contributed by atoms with Crippen molar-refractivity contribution in [2.75, 3.05) is 5.32 Å². The van der Waals surface area contributed by atoms with Crippen LogP contribution in [0.1, 0.15) is 43.5 Å². The second-order valence-electron chi connectivity index (χ2n) is 5.52. The molecular formula is C15H20FNO2. The van der Waals surface area contributed by atoms with Gasteiger partial charge in [-0.3, -0.25) is 0 Å². The van der Waals surface area contributed by atoms with Gasteiger partial charge in [0.2, 0.25) is 0 Å². The van der Waals surface area contributed by atoms with Crippen LogP contribution in [0.4, 0.5) is 10.1 Å². The molecule has 1 aromatic rings. The average Bonchev–Trinajstić information content (AvgIpc) is 2.37. The first-order valence-corrected chi connectivity index (χ1v) is 6.78. The molecule has 2 N–H and O–H groups in total. The first-order valence-electron chi connectivity index (χ1n) is 6.78. The number of benzene rings is 1. The Labute approximate surface area is 112 Å². The number of carboxylic acids is 1. The lowest BCUT2D eigenvalue weighted by molar-refractivity contribution is 0.0696. The SMILES string of the molecule is CC1CCCC(Nc2ccc(C(=O)O)cc2F)C1C. The van der Waals surface area contributed by atoms with Gasteiger partial charge in [0.05, 0.1) is 11.3 Å². The van der Waals surface area contributed by atoms with Gasteiger partial charge in [0.25, 0.3) is 0 Å². The largest absolute Gasteiger partial charge is 0.478 e. The van der Waals surface area contributed by atoms with Crippen LogP contribution in [-0.4, -0.2) is 17.1 Å². The van der Waals surface area contributed by atoms with Crippen LogP contribution in [0.3, 0.4) is 0 Å². The van der Waals surface area contributed by atoms with Crippen LogP contribution < -0.4 is 5.32 Å². The topological polar surface area (TPSA) is 49.3 Å². The highest BCUT2D eigenvalue weighted by atomic mass is 19.1. The van der Waals surface area contributed by atoms with Crippen LogP contribution >= 0.6 is 0 Å². The highest BCUT2D eigenvalue weighted by Gasteiger charge is 2.27. The number of nitrogens with one attached hydrogen (secondary N) is 1. The number of rotatable bonds is 3. The van der Waals surface area contributed by atoms with E-state index in [4.69, 9.17) is 5.11 Å². The van der Waals surface area contributed by atoms with Gasteiger partial charge in [-0.25, -0.2) is 9.18 Å². The summed E-state index contributed by atoms with van der Waals surface area (Å²) in [7, 11) is 0. The van der Waals surface area contributed by atoms with E-state index in [1.165, 1.54) is 18.6 Å². The van der Waals surface area contributed by atoms with E-state index in [2.05, 4.69) is 19.2 Å². The lowest BCUT2D eigenvalue weighted by atomic mass is 9.78. The maximum absolute atomic E-state index is 13.9. The average molecular weight is 265 g/mol. The lowest BCUT2D eigenvalue weighted by Crippen LogP contribution is -2.35. The van der Waals surface area contributed by atoms with Gasteiger partial charge < -0.3 is 10.4 Å². The van der Waals surface area contributed by atoms with Crippen LogP contribution in [0.25, 0.3) is 0 Å². The summed E-state index contributed by atoms with van der Waals surface area (Å²) >= 11 is 0. The molecule has 0 radical (unpaired) electrons. The van der Waals surface area contributed by atoms with Crippen molar-refractivity contribution in [1.29, 1.82) is 0 Å². The van der Waals surface area contributed by atoms with Crippen molar-refractivity contribution in [1.82, 2.24) is 0 Å². The Morgan fingerprint density at radius 1 is 1.37 bits per heavy atom. The van der Waals surface area contributed by atoms with E-state index in [1.54, 1.807) is 0 Å². The predicted molar refractivity (Wildman–Crippen MR) is 72.9 cm³/mol. The minimum Gasteiger partial charge on any atom is -0.478 e. The minimum atomic E-state index is -1.11. The molecule has 0 heterocycles. The number of carbonyl (C=O) groups is 1. The Morgan fingerprint density at radius 2 is 2.11 bits per heavy atom. The first-order chi connectivity index (χ1) is 8.99. The van der Waals surface area contributed by atoms with Gasteiger partial charge in [0, 0.05) is 6.04 Å². The summed E-state index contributed by atoms with van der Waals surface area (Å²) in [5, 5.41) is 12.0. The molecular weight excluding hydrogens is 245 g/mol. The van der Waals surface area contributed by atoms with Gasteiger partial charge >= 0.3 is 5.97 Å². The number of carboxylic acid groups (broad SMARTS) is 1.